The van der Waals surface area contributed by atoms with Crippen molar-refractivity contribution in [2.45, 2.75) is 39.7 Å². The van der Waals surface area contributed by atoms with Crippen molar-refractivity contribution < 1.29 is 4.79 Å². The van der Waals surface area contributed by atoms with Gasteiger partial charge in [0.2, 0.25) is 0 Å². The zero-order valence-corrected chi connectivity index (χ0v) is 13.1. The first-order valence-corrected chi connectivity index (χ1v) is 7.78. The second-order valence-electron chi connectivity index (χ2n) is 5.77. The number of amides is 1. The number of aryl methyl sites for hydroxylation is 1. The summed E-state index contributed by atoms with van der Waals surface area (Å²) in [4.78, 5) is 29.3. The van der Waals surface area contributed by atoms with E-state index in [1.807, 2.05) is 11.8 Å². The van der Waals surface area contributed by atoms with Crippen molar-refractivity contribution in [1.29, 1.82) is 0 Å². The molecule has 21 heavy (non-hydrogen) atoms. The maximum atomic E-state index is 12.5. The molecule has 1 amide bonds. The number of H-pyrrole nitrogens is 1. The van der Waals surface area contributed by atoms with Crippen LogP contribution >= 0.6 is 0 Å². The van der Waals surface area contributed by atoms with Crippen LogP contribution in [0.3, 0.4) is 0 Å². The Kier molecular flexibility index (Phi) is 5.17. The number of hydrogen-bond acceptors (Lipinski definition) is 3. The highest BCUT2D eigenvalue weighted by Crippen LogP contribution is 2.21. The molecular formula is C16H25N3O2. The summed E-state index contributed by atoms with van der Waals surface area (Å²) in [6, 6.07) is 1.95. The fourth-order valence-corrected chi connectivity index (χ4v) is 3.07. The number of likely N-dealkylation sites (tertiary alicyclic amines) is 1. The van der Waals surface area contributed by atoms with Crippen LogP contribution in [0.4, 0.5) is 0 Å². The van der Waals surface area contributed by atoms with Gasteiger partial charge in [-0.15, -0.1) is 0 Å². The predicted octanol–water partition coefficient (Wildman–Crippen LogP) is 1.53. The molecule has 116 valence electrons. The van der Waals surface area contributed by atoms with E-state index >= 15 is 0 Å². The van der Waals surface area contributed by atoms with Crippen LogP contribution in [0, 0.1) is 12.8 Å². The first-order valence-electron chi connectivity index (χ1n) is 7.78. The summed E-state index contributed by atoms with van der Waals surface area (Å²) < 4.78 is 0. The number of nitrogens with one attached hydrogen (secondary N) is 2. The Labute approximate surface area is 125 Å². The van der Waals surface area contributed by atoms with Crippen molar-refractivity contribution >= 4 is 5.91 Å². The zero-order chi connectivity index (χ0) is 15.4. The average molecular weight is 291 g/mol. The molecule has 0 aliphatic carbocycles. The highest BCUT2D eigenvalue weighted by atomic mass is 16.2. The van der Waals surface area contributed by atoms with E-state index in [4.69, 9.17) is 0 Å². The summed E-state index contributed by atoms with van der Waals surface area (Å²) in [7, 11) is 0. The van der Waals surface area contributed by atoms with Gasteiger partial charge in [-0.2, -0.15) is 0 Å². The lowest BCUT2D eigenvalue weighted by atomic mass is 9.89. The van der Waals surface area contributed by atoms with Crippen LogP contribution in [-0.2, 0) is 0 Å². The number of aromatic amines is 1. The molecule has 5 nitrogen and oxygen atoms in total. The van der Waals surface area contributed by atoms with Gasteiger partial charge in [0.25, 0.3) is 5.91 Å². The second kappa shape index (κ2) is 6.89. The molecule has 2 atom stereocenters. The van der Waals surface area contributed by atoms with Gasteiger partial charge in [-0.1, -0.05) is 20.3 Å². The summed E-state index contributed by atoms with van der Waals surface area (Å²) in [5, 5.41) is 3.50. The molecule has 0 aromatic carbocycles. The molecule has 0 bridgehead atoms. The van der Waals surface area contributed by atoms with Gasteiger partial charge in [0.15, 0.2) is 5.43 Å². The first kappa shape index (κ1) is 15.8. The van der Waals surface area contributed by atoms with E-state index in [0.29, 0.717) is 18.5 Å². The minimum Gasteiger partial charge on any atom is -0.364 e. The van der Waals surface area contributed by atoms with Gasteiger partial charge in [-0.05, 0) is 25.8 Å². The Bertz CT molecular complexity index is 553. The number of hydrogen-bond donors (Lipinski definition) is 2. The number of nitrogens with zero attached hydrogens (tertiary/aromatic N) is 1. The molecule has 0 radical (unpaired) electrons. The number of pyridine rings is 1. The molecular weight excluding hydrogens is 266 g/mol. The van der Waals surface area contributed by atoms with Crippen molar-refractivity contribution in [2.75, 3.05) is 19.6 Å². The van der Waals surface area contributed by atoms with Crippen LogP contribution in [0.1, 0.15) is 42.7 Å². The van der Waals surface area contributed by atoms with Crippen molar-refractivity contribution in [2.24, 2.45) is 5.92 Å². The topological polar surface area (TPSA) is 65.2 Å². The molecule has 2 heterocycles. The largest absolute Gasteiger partial charge is 0.364 e. The molecule has 2 unspecified atom stereocenters. The zero-order valence-electron chi connectivity index (χ0n) is 13.1. The van der Waals surface area contributed by atoms with Crippen molar-refractivity contribution in [3.05, 3.63) is 33.7 Å². The fourth-order valence-electron chi connectivity index (χ4n) is 3.07. The van der Waals surface area contributed by atoms with E-state index in [1.54, 1.807) is 0 Å². The quantitative estimate of drug-likeness (QED) is 0.884. The molecule has 1 saturated heterocycles. The molecule has 0 saturated carbocycles. The van der Waals surface area contributed by atoms with Gasteiger partial charge >= 0.3 is 0 Å². The third kappa shape index (κ3) is 3.53. The Morgan fingerprint density at radius 3 is 2.86 bits per heavy atom. The predicted molar refractivity (Wildman–Crippen MR) is 83.6 cm³/mol. The van der Waals surface area contributed by atoms with Gasteiger partial charge in [0, 0.05) is 37.1 Å². The summed E-state index contributed by atoms with van der Waals surface area (Å²) in [6.07, 6.45) is 3.52. The lowest BCUT2D eigenvalue weighted by molar-refractivity contribution is 0.0626. The van der Waals surface area contributed by atoms with Gasteiger partial charge in [0.1, 0.15) is 5.56 Å². The van der Waals surface area contributed by atoms with Crippen molar-refractivity contribution in [3.8, 4) is 0 Å². The summed E-state index contributed by atoms with van der Waals surface area (Å²) in [5.41, 5.74) is 0.823. The smallest absolute Gasteiger partial charge is 0.259 e. The molecule has 0 spiro atoms. The Hall–Kier alpha value is -1.62. The monoisotopic (exact) mass is 291 g/mol. The van der Waals surface area contributed by atoms with Crippen molar-refractivity contribution in [1.82, 2.24) is 15.2 Å². The number of carbonyl (C=O) groups is 1. The Morgan fingerprint density at radius 2 is 2.24 bits per heavy atom. The number of piperidine rings is 1. The van der Waals surface area contributed by atoms with Crippen LogP contribution < -0.4 is 10.7 Å². The number of aromatic nitrogens is 1. The molecule has 1 aliphatic heterocycles. The van der Waals surface area contributed by atoms with E-state index in [1.165, 1.54) is 12.3 Å². The molecule has 1 aliphatic rings. The third-order valence-corrected chi connectivity index (χ3v) is 4.30. The first-order chi connectivity index (χ1) is 10.1. The van der Waals surface area contributed by atoms with E-state index in [0.717, 1.165) is 31.6 Å². The van der Waals surface area contributed by atoms with Gasteiger partial charge in [0.05, 0.1) is 0 Å². The van der Waals surface area contributed by atoms with Gasteiger partial charge < -0.3 is 15.2 Å². The van der Waals surface area contributed by atoms with Gasteiger partial charge in [-0.3, -0.25) is 9.59 Å². The van der Waals surface area contributed by atoms with E-state index in [-0.39, 0.29) is 16.9 Å². The molecule has 2 N–H and O–H groups in total. The lowest BCUT2D eigenvalue weighted by Crippen LogP contribution is -2.51. The second-order valence-corrected chi connectivity index (χ2v) is 5.77. The van der Waals surface area contributed by atoms with Crippen LogP contribution in [0.2, 0.25) is 0 Å². The van der Waals surface area contributed by atoms with Crippen LogP contribution in [0.5, 0.6) is 0 Å². The Balaban J connectivity index is 2.12. The highest BCUT2D eigenvalue weighted by Gasteiger charge is 2.30. The van der Waals surface area contributed by atoms with Gasteiger partial charge in [-0.25, -0.2) is 0 Å². The van der Waals surface area contributed by atoms with Crippen LogP contribution in [0.15, 0.2) is 17.1 Å². The minimum absolute atomic E-state index is 0.148. The minimum atomic E-state index is -0.196. The highest BCUT2D eigenvalue weighted by molar-refractivity contribution is 5.93. The molecule has 1 fully saturated rings. The SMILES string of the molecule is CCNC1CCN(C(=O)c2c[nH]c(C)cc2=O)CC1CC. The molecule has 1 aromatic rings. The normalized spacial score (nSPS) is 22.3. The van der Waals surface area contributed by atoms with Crippen LogP contribution in [-0.4, -0.2) is 41.5 Å². The van der Waals surface area contributed by atoms with Crippen LogP contribution in [0.25, 0.3) is 0 Å². The molecule has 2 rings (SSSR count). The van der Waals surface area contributed by atoms with E-state index < -0.39 is 0 Å². The lowest BCUT2D eigenvalue weighted by Gasteiger charge is -2.38. The Morgan fingerprint density at radius 1 is 1.48 bits per heavy atom. The van der Waals surface area contributed by atoms with Crippen molar-refractivity contribution in [3.63, 3.8) is 0 Å². The summed E-state index contributed by atoms with van der Waals surface area (Å²) >= 11 is 0. The maximum absolute atomic E-state index is 12.5. The average Bonchev–Trinajstić information content (AvgIpc) is 2.47. The fraction of sp³-hybridized carbons (Fsp3) is 0.625. The number of carbonyl (C=O) groups excluding carboxylic acids is 1. The third-order valence-electron chi connectivity index (χ3n) is 4.30. The summed E-state index contributed by atoms with van der Waals surface area (Å²) in [6.45, 7) is 8.45. The van der Waals surface area contributed by atoms with E-state index in [9.17, 15) is 9.59 Å². The molecule has 1 aromatic heterocycles. The molecule has 5 heteroatoms. The maximum Gasteiger partial charge on any atom is 0.259 e. The van der Waals surface area contributed by atoms with E-state index in [2.05, 4.69) is 24.1 Å². The number of rotatable bonds is 4. The summed E-state index contributed by atoms with van der Waals surface area (Å²) in [5.74, 6) is 0.303. The standard InChI is InChI=1S/C16H25N3O2/c1-4-12-10-19(7-6-14(12)17-5-2)16(21)13-9-18-11(3)8-15(13)20/h8-9,12,14,17H,4-7,10H2,1-3H3,(H,18,20).